The zero-order valence-electron chi connectivity index (χ0n) is 14.3. The molecule has 0 aliphatic carbocycles. The normalized spacial score (nSPS) is 10.1. The fourth-order valence-corrected chi connectivity index (χ4v) is 2.36. The van der Waals surface area contributed by atoms with Gasteiger partial charge in [-0.15, -0.1) is 0 Å². The number of amides is 1. The summed E-state index contributed by atoms with van der Waals surface area (Å²) in [5.41, 5.74) is 6.79. The molecule has 5 nitrogen and oxygen atoms in total. The maximum Gasteiger partial charge on any atom is 0.238 e. The number of carbonyl (C=O) groups excluding carboxylic acids is 2. The van der Waals surface area contributed by atoms with Crippen LogP contribution in [0.3, 0.4) is 0 Å². The monoisotopic (exact) mass is 373 g/mol. The molecule has 0 saturated heterocycles. The highest BCUT2D eigenvalue weighted by molar-refractivity contribution is 7.80. The highest BCUT2D eigenvalue weighted by Gasteiger charge is 2.10. The van der Waals surface area contributed by atoms with E-state index < -0.39 is 5.82 Å². The Labute approximate surface area is 157 Å². The average Bonchev–Trinajstić information content (AvgIpc) is 2.66. The minimum Gasteiger partial charge on any atom is -0.329 e. The van der Waals surface area contributed by atoms with Gasteiger partial charge >= 0.3 is 0 Å². The van der Waals surface area contributed by atoms with E-state index in [1.165, 1.54) is 12.1 Å². The number of aryl methyl sites for hydroxylation is 1. The van der Waals surface area contributed by atoms with E-state index in [1.807, 2.05) is 19.1 Å². The van der Waals surface area contributed by atoms with Gasteiger partial charge in [0.25, 0.3) is 0 Å². The molecule has 2 rings (SSSR count). The summed E-state index contributed by atoms with van der Waals surface area (Å²) in [6, 6.07) is 13.4. The van der Waals surface area contributed by atoms with E-state index in [9.17, 15) is 14.0 Å². The maximum absolute atomic E-state index is 13.5. The van der Waals surface area contributed by atoms with Crippen LogP contribution in [0.15, 0.2) is 48.5 Å². The summed E-state index contributed by atoms with van der Waals surface area (Å²) in [5.74, 6) is -0.946. The molecule has 0 fully saturated rings. The van der Waals surface area contributed by atoms with Crippen LogP contribution in [0.25, 0.3) is 0 Å². The first-order valence-electron chi connectivity index (χ1n) is 8.22. The first kappa shape index (κ1) is 19.5. The van der Waals surface area contributed by atoms with Crippen molar-refractivity contribution in [1.29, 1.82) is 0 Å². The van der Waals surface area contributed by atoms with Crippen molar-refractivity contribution in [2.75, 3.05) is 5.32 Å². The topological polar surface area (TPSA) is 70.2 Å². The Morgan fingerprint density at radius 3 is 2.35 bits per heavy atom. The average molecular weight is 373 g/mol. The minimum absolute atomic E-state index is 0.0175. The number of hydrogen-bond acceptors (Lipinski definition) is 3. The molecule has 0 aliphatic heterocycles. The molecule has 0 radical (unpaired) electrons. The third-order valence-electron chi connectivity index (χ3n) is 3.70. The highest BCUT2D eigenvalue weighted by Crippen LogP contribution is 2.12. The van der Waals surface area contributed by atoms with Crippen molar-refractivity contribution in [3.63, 3.8) is 0 Å². The first-order chi connectivity index (χ1) is 12.5. The van der Waals surface area contributed by atoms with Crippen LogP contribution in [0.2, 0.25) is 0 Å². The summed E-state index contributed by atoms with van der Waals surface area (Å²) >= 11 is 4.98. The van der Waals surface area contributed by atoms with Crippen LogP contribution in [0.5, 0.6) is 0 Å². The lowest BCUT2D eigenvalue weighted by molar-refractivity contribution is -0.121. The van der Waals surface area contributed by atoms with Gasteiger partial charge in [0.05, 0.1) is 5.69 Å². The number of benzene rings is 2. The van der Waals surface area contributed by atoms with Crippen LogP contribution in [0, 0.1) is 5.82 Å². The van der Waals surface area contributed by atoms with Crippen molar-refractivity contribution in [3.8, 4) is 0 Å². The van der Waals surface area contributed by atoms with Crippen molar-refractivity contribution in [3.05, 3.63) is 65.5 Å². The summed E-state index contributed by atoms with van der Waals surface area (Å²) in [7, 11) is 0. The molecular formula is C19H20FN3O2S. The van der Waals surface area contributed by atoms with Crippen LogP contribution in [0.1, 0.15) is 35.7 Å². The summed E-state index contributed by atoms with van der Waals surface area (Å²) in [6.07, 6.45) is 1.01. The fourth-order valence-electron chi connectivity index (χ4n) is 2.20. The second kappa shape index (κ2) is 9.62. The van der Waals surface area contributed by atoms with E-state index in [0.29, 0.717) is 5.56 Å². The summed E-state index contributed by atoms with van der Waals surface area (Å²) in [4.78, 5) is 23.9. The number of thiocarbonyl (C=S) groups is 1. The molecule has 0 unspecified atom stereocenters. The molecule has 2 aromatic rings. The van der Waals surface area contributed by atoms with Crippen molar-refractivity contribution in [2.45, 2.75) is 26.2 Å². The van der Waals surface area contributed by atoms with Crippen molar-refractivity contribution < 1.29 is 14.0 Å². The molecule has 26 heavy (non-hydrogen) atoms. The maximum atomic E-state index is 13.5. The number of carbonyl (C=O) groups is 2. The summed E-state index contributed by atoms with van der Waals surface area (Å²) in [5, 5.41) is 2.68. The van der Waals surface area contributed by atoms with Crippen LogP contribution < -0.4 is 16.2 Å². The highest BCUT2D eigenvalue weighted by atomic mass is 32.1. The van der Waals surface area contributed by atoms with Crippen LogP contribution in [-0.2, 0) is 11.2 Å². The van der Waals surface area contributed by atoms with E-state index in [4.69, 9.17) is 12.2 Å². The number of anilines is 1. The zero-order valence-corrected chi connectivity index (χ0v) is 15.2. The standard InChI is InChI=1S/C19H20FN3O2S/c1-2-13-7-9-14(10-8-13)17(24)11-12-18(25)22-23-19(26)21-16-6-4-3-5-15(16)20/h3-10H,2,11-12H2,1H3,(H,22,25)(H2,21,23,26). The summed E-state index contributed by atoms with van der Waals surface area (Å²) in [6.45, 7) is 2.04. The summed E-state index contributed by atoms with van der Waals surface area (Å²) < 4.78 is 13.5. The van der Waals surface area contributed by atoms with Crippen molar-refractivity contribution in [2.24, 2.45) is 0 Å². The van der Waals surface area contributed by atoms with Gasteiger partial charge in [-0.05, 0) is 36.3 Å². The molecule has 7 heteroatoms. The Hall–Kier alpha value is -2.80. The Bertz CT molecular complexity index is 794. The van der Waals surface area contributed by atoms with E-state index in [0.717, 1.165) is 12.0 Å². The quantitative estimate of drug-likeness (QED) is 0.411. The molecule has 2 aromatic carbocycles. The van der Waals surface area contributed by atoms with Gasteiger partial charge in [-0.25, -0.2) is 4.39 Å². The molecule has 0 spiro atoms. The number of halogens is 1. The number of rotatable bonds is 6. The number of para-hydroxylation sites is 1. The zero-order chi connectivity index (χ0) is 18.9. The van der Waals surface area contributed by atoms with Gasteiger partial charge in [-0.2, -0.15) is 0 Å². The Morgan fingerprint density at radius 2 is 1.69 bits per heavy atom. The molecule has 1 amide bonds. The van der Waals surface area contributed by atoms with E-state index >= 15 is 0 Å². The largest absolute Gasteiger partial charge is 0.329 e. The van der Waals surface area contributed by atoms with Gasteiger partial charge in [0, 0.05) is 18.4 Å². The van der Waals surface area contributed by atoms with E-state index in [2.05, 4.69) is 16.2 Å². The van der Waals surface area contributed by atoms with Crippen molar-refractivity contribution in [1.82, 2.24) is 10.9 Å². The molecule has 0 atom stereocenters. The Kier molecular flexibility index (Phi) is 7.23. The van der Waals surface area contributed by atoms with Crippen molar-refractivity contribution >= 4 is 34.7 Å². The lowest BCUT2D eigenvalue weighted by Gasteiger charge is -2.12. The lowest BCUT2D eigenvalue weighted by Crippen LogP contribution is -2.43. The number of nitrogens with one attached hydrogen (secondary N) is 3. The van der Waals surface area contributed by atoms with E-state index in [-0.39, 0.29) is 35.3 Å². The molecule has 0 aromatic heterocycles. The third kappa shape index (κ3) is 5.93. The van der Waals surface area contributed by atoms with Crippen LogP contribution in [-0.4, -0.2) is 16.8 Å². The van der Waals surface area contributed by atoms with Gasteiger partial charge in [-0.3, -0.25) is 20.4 Å². The number of ketones is 1. The minimum atomic E-state index is -0.456. The molecule has 3 N–H and O–H groups in total. The molecule has 0 heterocycles. The molecule has 0 aliphatic rings. The second-order valence-corrected chi connectivity index (χ2v) is 5.99. The van der Waals surface area contributed by atoms with Gasteiger partial charge in [0.15, 0.2) is 10.9 Å². The molecule has 0 saturated carbocycles. The molecule has 136 valence electrons. The number of hydrogen-bond donors (Lipinski definition) is 3. The van der Waals surface area contributed by atoms with Crippen LogP contribution >= 0.6 is 12.2 Å². The Balaban J connectivity index is 1.73. The van der Waals surface area contributed by atoms with Gasteiger partial charge in [0.1, 0.15) is 5.82 Å². The van der Waals surface area contributed by atoms with Gasteiger partial charge in [0.2, 0.25) is 5.91 Å². The second-order valence-electron chi connectivity index (χ2n) is 5.58. The predicted molar refractivity (Wildman–Crippen MR) is 103 cm³/mol. The molecule has 0 bridgehead atoms. The lowest BCUT2D eigenvalue weighted by atomic mass is 10.0. The van der Waals surface area contributed by atoms with Gasteiger partial charge < -0.3 is 5.32 Å². The van der Waals surface area contributed by atoms with Gasteiger partial charge in [-0.1, -0.05) is 43.3 Å². The van der Waals surface area contributed by atoms with Crippen LogP contribution in [0.4, 0.5) is 10.1 Å². The molecular weight excluding hydrogens is 353 g/mol. The van der Waals surface area contributed by atoms with E-state index in [1.54, 1.807) is 24.3 Å². The first-order valence-corrected chi connectivity index (χ1v) is 8.63. The number of Topliss-reactive ketones (excluding diaryl/α,β-unsaturated/α-hetero) is 1. The number of hydrazine groups is 1. The fraction of sp³-hybridized carbons (Fsp3) is 0.211. The Morgan fingerprint density at radius 1 is 1.00 bits per heavy atom. The SMILES string of the molecule is CCc1ccc(C(=O)CCC(=O)NNC(=S)Nc2ccccc2F)cc1. The third-order valence-corrected chi connectivity index (χ3v) is 3.90. The predicted octanol–water partition coefficient (Wildman–Crippen LogP) is 3.37. The smallest absolute Gasteiger partial charge is 0.238 e.